The average molecular weight is 293 g/mol. The van der Waals surface area contributed by atoms with E-state index in [0.717, 1.165) is 0 Å². The molecule has 0 unspecified atom stereocenters. The first-order valence-corrected chi connectivity index (χ1v) is 8.27. The van der Waals surface area contributed by atoms with Crippen molar-refractivity contribution >= 4 is 25.7 Å². The van der Waals surface area contributed by atoms with Gasteiger partial charge in [-0.15, -0.1) is 0 Å². The molecule has 1 aromatic rings. The molecule has 0 radical (unpaired) electrons. The molecule has 0 fully saturated rings. The number of nitrogens with two attached hydrogens (primary N) is 2. The van der Waals surface area contributed by atoms with Gasteiger partial charge >= 0.3 is 0 Å². The second-order valence-electron chi connectivity index (χ2n) is 3.66. The lowest BCUT2D eigenvalue weighted by molar-refractivity contribution is 0.577. The summed E-state index contributed by atoms with van der Waals surface area (Å²) in [4.78, 5) is -0.0272. The third-order valence-corrected chi connectivity index (χ3v) is 4.50. The molecule has 102 valence electrons. The fourth-order valence-corrected chi connectivity index (χ4v) is 3.03. The largest absolute Gasteiger partial charge is 0.398 e. The van der Waals surface area contributed by atoms with E-state index in [1.807, 2.05) is 0 Å². The van der Waals surface area contributed by atoms with Crippen LogP contribution < -0.4 is 15.6 Å². The normalized spacial score (nSPS) is 12.5. The van der Waals surface area contributed by atoms with E-state index in [-0.39, 0.29) is 29.3 Å². The van der Waals surface area contributed by atoms with Crippen LogP contribution in [-0.2, 0) is 20.0 Å². The molecule has 0 heterocycles. The molecule has 0 bridgehead atoms. The zero-order valence-corrected chi connectivity index (χ0v) is 11.2. The first kappa shape index (κ1) is 14.9. The zero-order valence-electron chi connectivity index (χ0n) is 9.53. The molecule has 0 atom stereocenters. The van der Waals surface area contributed by atoms with Crippen LogP contribution in [0.3, 0.4) is 0 Å². The van der Waals surface area contributed by atoms with Gasteiger partial charge in [0.05, 0.1) is 11.4 Å². The van der Waals surface area contributed by atoms with Gasteiger partial charge in [0.2, 0.25) is 20.0 Å². The summed E-state index contributed by atoms with van der Waals surface area (Å²) in [6.45, 7) is -0.0207. The van der Waals surface area contributed by atoms with Gasteiger partial charge in [0, 0.05) is 6.54 Å². The number of para-hydroxylation sites is 1. The zero-order chi connectivity index (χ0) is 13.8. The summed E-state index contributed by atoms with van der Waals surface area (Å²) >= 11 is 0. The van der Waals surface area contributed by atoms with Crippen molar-refractivity contribution in [2.24, 2.45) is 5.14 Å². The van der Waals surface area contributed by atoms with E-state index in [2.05, 4.69) is 4.72 Å². The maximum absolute atomic E-state index is 11.8. The standard InChI is InChI=1S/C9H15N3O4S2/c10-8-4-1-2-5-9(8)18(15,16)12-6-3-7-17(11,13)14/h1-2,4-5,12H,3,6-7,10H2,(H2,11,13,14). The molecule has 9 heteroatoms. The van der Waals surface area contributed by atoms with Crippen LogP contribution in [-0.4, -0.2) is 29.1 Å². The Hall–Kier alpha value is -1.16. The van der Waals surface area contributed by atoms with E-state index in [1.165, 1.54) is 12.1 Å². The van der Waals surface area contributed by atoms with E-state index in [9.17, 15) is 16.8 Å². The molecule has 5 N–H and O–H groups in total. The Morgan fingerprint density at radius 1 is 1.11 bits per heavy atom. The van der Waals surface area contributed by atoms with Gasteiger partial charge in [-0.05, 0) is 18.6 Å². The van der Waals surface area contributed by atoms with E-state index >= 15 is 0 Å². The molecule has 0 spiro atoms. The predicted octanol–water partition coefficient (Wildman–Crippen LogP) is -0.774. The minimum absolute atomic E-state index is 0.0207. The second-order valence-corrected chi connectivity index (χ2v) is 7.13. The highest BCUT2D eigenvalue weighted by Gasteiger charge is 2.16. The fraction of sp³-hybridized carbons (Fsp3) is 0.333. The highest BCUT2D eigenvalue weighted by molar-refractivity contribution is 7.89. The van der Waals surface area contributed by atoms with Crippen molar-refractivity contribution in [3.05, 3.63) is 24.3 Å². The fourth-order valence-electron chi connectivity index (χ4n) is 1.28. The van der Waals surface area contributed by atoms with Gasteiger partial charge < -0.3 is 5.73 Å². The molecule has 0 aliphatic carbocycles. The number of rotatable bonds is 6. The Labute approximate surface area is 106 Å². The SMILES string of the molecule is Nc1ccccc1S(=O)(=O)NCCCS(N)(=O)=O. The van der Waals surface area contributed by atoms with Gasteiger partial charge in [-0.25, -0.2) is 26.7 Å². The molecule has 0 aliphatic heterocycles. The second kappa shape index (κ2) is 5.65. The molecule has 0 saturated heterocycles. The number of nitrogens with one attached hydrogen (secondary N) is 1. The van der Waals surface area contributed by atoms with Crippen molar-refractivity contribution < 1.29 is 16.8 Å². The Morgan fingerprint density at radius 2 is 1.72 bits per heavy atom. The van der Waals surface area contributed by atoms with Gasteiger partial charge in [-0.1, -0.05) is 12.1 Å². The third-order valence-electron chi connectivity index (χ3n) is 2.11. The summed E-state index contributed by atoms with van der Waals surface area (Å²) in [6, 6.07) is 6.01. The Balaban J connectivity index is 2.65. The van der Waals surface area contributed by atoms with Gasteiger partial charge in [-0.3, -0.25) is 0 Å². The molecule has 1 aromatic carbocycles. The average Bonchev–Trinajstić information content (AvgIpc) is 2.24. The van der Waals surface area contributed by atoms with Crippen molar-refractivity contribution in [2.75, 3.05) is 18.0 Å². The van der Waals surface area contributed by atoms with Gasteiger partial charge in [0.1, 0.15) is 4.90 Å². The van der Waals surface area contributed by atoms with Gasteiger partial charge in [0.15, 0.2) is 0 Å². The number of primary sulfonamides is 1. The predicted molar refractivity (Wildman–Crippen MR) is 68.6 cm³/mol. The summed E-state index contributed by atoms with van der Waals surface area (Å²) in [5.41, 5.74) is 5.68. The lowest BCUT2D eigenvalue weighted by atomic mass is 10.3. The van der Waals surface area contributed by atoms with Crippen LogP contribution in [0.4, 0.5) is 5.69 Å². The molecule has 0 aromatic heterocycles. The summed E-state index contributed by atoms with van der Waals surface area (Å²) in [7, 11) is -7.29. The number of benzene rings is 1. The van der Waals surface area contributed by atoms with Crippen molar-refractivity contribution in [1.82, 2.24) is 4.72 Å². The van der Waals surface area contributed by atoms with Crippen molar-refractivity contribution in [3.63, 3.8) is 0 Å². The molecule has 1 rings (SSSR count). The Kier molecular flexibility index (Phi) is 4.68. The highest BCUT2D eigenvalue weighted by atomic mass is 32.2. The smallest absolute Gasteiger partial charge is 0.242 e. The van der Waals surface area contributed by atoms with Gasteiger partial charge in [-0.2, -0.15) is 0 Å². The van der Waals surface area contributed by atoms with Crippen LogP contribution in [0.2, 0.25) is 0 Å². The lowest BCUT2D eigenvalue weighted by Crippen LogP contribution is -2.28. The van der Waals surface area contributed by atoms with Crippen LogP contribution in [0.5, 0.6) is 0 Å². The van der Waals surface area contributed by atoms with E-state index in [0.29, 0.717) is 0 Å². The summed E-state index contributed by atoms with van der Waals surface area (Å²) in [6.07, 6.45) is 0.102. The maximum atomic E-state index is 11.8. The Bertz CT molecular complexity index is 610. The van der Waals surface area contributed by atoms with E-state index in [4.69, 9.17) is 10.9 Å². The van der Waals surface area contributed by atoms with Crippen molar-refractivity contribution in [2.45, 2.75) is 11.3 Å². The van der Waals surface area contributed by atoms with Crippen LogP contribution in [0.25, 0.3) is 0 Å². The van der Waals surface area contributed by atoms with Crippen molar-refractivity contribution in [3.8, 4) is 0 Å². The quantitative estimate of drug-likeness (QED) is 0.468. The number of hydrogen-bond acceptors (Lipinski definition) is 5. The lowest BCUT2D eigenvalue weighted by Gasteiger charge is -2.08. The van der Waals surface area contributed by atoms with E-state index in [1.54, 1.807) is 12.1 Å². The molecule has 0 aliphatic rings. The van der Waals surface area contributed by atoms with Crippen LogP contribution in [0, 0.1) is 0 Å². The number of nitrogen functional groups attached to an aromatic ring is 1. The summed E-state index contributed by atoms with van der Waals surface area (Å²) in [5, 5.41) is 4.80. The van der Waals surface area contributed by atoms with Crippen molar-refractivity contribution in [1.29, 1.82) is 0 Å². The maximum Gasteiger partial charge on any atom is 0.242 e. The molecule has 7 nitrogen and oxygen atoms in total. The highest BCUT2D eigenvalue weighted by Crippen LogP contribution is 2.16. The first-order chi connectivity index (χ1) is 8.22. The van der Waals surface area contributed by atoms with Gasteiger partial charge in [0.25, 0.3) is 0 Å². The summed E-state index contributed by atoms with van der Waals surface area (Å²) < 4.78 is 47.2. The third kappa shape index (κ3) is 4.61. The summed E-state index contributed by atoms with van der Waals surface area (Å²) in [5.74, 6) is -0.278. The number of anilines is 1. The van der Waals surface area contributed by atoms with Crippen LogP contribution >= 0.6 is 0 Å². The molecule has 0 amide bonds. The first-order valence-electron chi connectivity index (χ1n) is 5.07. The molecule has 18 heavy (non-hydrogen) atoms. The number of sulfonamides is 2. The monoisotopic (exact) mass is 293 g/mol. The molecular formula is C9H15N3O4S2. The molecular weight excluding hydrogens is 278 g/mol. The van der Waals surface area contributed by atoms with Crippen LogP contribution in [0.15, 0.2) is 29.2 Å². The minimum Gasteiger partial charge on any atom is -0.398 e. The van der Waals surface area contributed by atoms with E-state index < -0.39 is 20.0 Å². The minimum atomic E-state index is -3.72. The molecule has 0 saturated carbocycles. The number of hydrogen-bond donors (Lipinski definition) is 3. The van der Waals surface area contributed by atoms with Crippen LogP contribution in [0.1, 0.15) is 6.42 Å². The Morgan fingerprint density at radius 3 is 2.28 bits per heavy atom. The topological polar surface area (TPSA) is 132 Å².